The Hall–Kier alpha value is -3.77. The highest BCUT2D eigenvalue weighted by Gasteiger charge is 2.47. The number of halogens is 1. The summed E-state index contributed by atoms with van der Waals surface area (Å²) >= 11 is 5.96. The van der Waals surface area contributed by atoms with Gasteiger partial charge in [0.2, 0.25) is 0 Å². The Kier molecular flexibility index (Phi) is 5.07. The van der Waals surface area contributed by atoms with Crippen LogP contribution in [0.15, 0.2) is 78.4 Å². The van der Waals surface area contributed by atoms with Gasteiger partial charge >= 0.3 is 0 Å². The average molecular weight is 448 g/mol. The number of aliphatic hydroxyl groups excluding tert-OH is 1. The van der Waals surface area contributed by atoms with Crippen LogP contribution in [0.5, 0.6) is 11.5 Å². The Morgan fingerprint density at radius 3 is 2.31 bits per heavy atom. The van der Waals surface area contributed by atoms with E-state index in [0.717, 1.165) is 0 Å². The van der Waals surface area contributed by atoms with Gasteiger partial charge in [0.05, 0.1) is 11.6 Å². The lowest BCUT2D eigenvalue weighted by molar-refractivity contribution is -0.132. The summed E-state index contributed by atoms with van der Waals surface area (Å²) in [4.78, 5) is 27.7. The van der Waals surface area contributed by atoms with Gasteiger partial charge in [-0.2, -0.15) is 0 Å². The van der Waals surface area contributed by atoms with Crippen molar-refractivity contribution in [3.63, 3.8) is 0 Å². The minimum absolute atomic E-state index is 0.0124. The largest absolute Gasteiger partial charge is 0.507 e. The van der Waals surface area contributed by atoms with E-state index in [0.29, 0.717) is 46.5 Å². The van der Waals surface area contributed by atoms with Crippen molar-refractivity contribution >= 4 is 34.7 Å². The fraction of sp³-hybridized carbons (Fsp3) is 0.120. The molecule has 6 nitrogen and oxygen atoms in total. The molecule has 2 aliphatic rings. The second kappa shape index (κ2) is 8.05. The number of ether oxygens (including phenoxy) is 2. The first kappa shape index (κ1) is 20.2. The molecule has 1 amide bonds. The number of ketones is 1. The van der Waals surface area contributed by atoms with Crippen molar-refractivity contribution in [2.24, 2.45) is 0 Å². The first-order chi connectivity index (χ1) is 15.5. The monoisotopic (exact) mass is 447 g/mol. The summed E-state index contributed by atoms with van der Waals surface area (Å²) in [6, 6.07) is 19.9. The zero-order chi connectivity index (χ0) is 22.2. The molecule has 0 saturated carbocycles. The molecule has 1 fully saturated rings. The number of aliphatic hydroxyl groups is 1. The van der Waals surface area contributed by atoms with Gasteiger partial charge in [0.15, 0.2) is 11.5 Å². The van der Waals surface area contributed by atoms with Crippen LogP contribution in [0.25, 0.3) is 5.76 Å². The number of anilines is 1. The molecule has 1 saturated heterocycles. The first-order valence-corrected chi connectivity index (χ1v) is 10.4. The summed E-state index contributed by atoms with van der Waals surface area (Å²) in [5.74, 6) is -0.671. The Morgan fingerprint density at radius 2 is 1.59 bits per heavy atom. The van der Waals surface area contributed by atoms with E-state index in [-0.39, 0.29) is 11.3 Å². The number of hydrogen-bond acceptors (Lipinski definition) is 5. The fourth-order valence-electron chi connectivity index (χ4n) is 3.99. The number of rotatable bonds is 3. The Morgan fingerprint density at radius 1 is 0.906 bits per heavy atom. The highest BCUT2D eigenvalue weighted by Crippen LogP contribution is 2.44. The van der Waals surface area contributed by atoms with Gasteiger partial charge < -0.3 is 14.6 Å². The molecule has 2 heterocycles. The summed E-state index contributed by atoms with van der Waals surface area (Å²) in [5, 5.41) is 11.6. The number of carbonyl (C=O) groups excluding carboxylic acids is 2. The Labute approximate surface area is 189 Å². The second-order valence-corrected chi connectivity index (χ2v) is 7.85. The molecule has 7 heteroatoms. The van der Waals surface area contributed by atoms with Gasteiger partial charge in [-0.25, -0.2) is 0 Å². The standard InChI is InChI=1S/C25H18ClNO5/c26-17-8-6-16(7-9-17)23(28)21-22(15-4-2-1-3-5-15)27(25(30)24(21)29)18-10-11-19-20(14-18)32-13-12-31-19/h1-11,14,22,28H,12-13H2/b23-21+. The molecule has 5 rings (SSSR count). The van der Waals surface area contributed by atoms with Crippen LogP contribution in [0, 0.1) is 0 Å². The van der Waals surface area contributed by atoms with Crippen LogP contribution < -0.4 is 14.4 Å². The topological polar surface area (TPSA) is 76.1 Å². The molecule has 32 heavy (non-hydrogen) atoms. The SMILES string of the molecule is O=C1C(=O)N(c2ccc3c(c2)OCCO3)C(c2ccccc2)/C1=C(\O)c1ccc(Cl)cc1. The van der Waals surface area contributed by atoms with Crippen molar-refractivity contribution in [3.8, 4) is 11.5 Å². The van der Waals surface area contributed by atoms with Crippen molar-refractivity contribution in [1.82, 2.24) is 0 Å². The number of Topliss-reactive ketones (excluding diaryl/α,β-unsaturated/α-hetero) is 1. The Bertz CT molecular complexity index is 1240. The zero-order valence-electron chi connectivity index (χ0n) is 16.8. The minimum atomic E-state index is -0.811. The molecular formula is C25H18ClNO5. The lowest BCUT2D eigenvalue weighted by atomic mass is 9.95. The predicted molar refractivity (Wildman–Crippen MR) is 120 cm³/mol. The maximum absolute atomic E-state index is 13.2. The second-order valence-electron chi connectivity index (χ2n) is 7.41. The van der Waals surface area contributed by atoms with Crippen LogP contribution in [-0.4, -0.2) is 30.0 Å². The molecule has 1 unspecified atom stereocenters. The number of fused-ring (bicyclic) bond motifs is 1. The number of amides is 1. The molecule has 2 aliphatic heterocycles. The van der Waals surface area contributed by atoms with Crippen molar-refractivity contribution in [2.75, 3.05) is 18.1 Å². The van der Waals surface area contributed by atoms with Gasteiger partial charge in [0.1, 0.15) is 19.0 Å². The van der Waals surface area contributed by atoms with Crippen LogP contribution in [0.1, 0.15) is 17.2 Å². The van der Waals surface area contributed by atoms with E-state index in [2.05, 4.69) is 0 Å². The molecule has 0 spiro atoms. The quantitative estimate of drug-likeness (QED) is 0.356. The maximum Gasteiger partial charge on any atom is 0.300 e. The lowest BCUT2D eigenvalue weighted by Crippen LogP contribution is -2.29. The smallest absolute Gasteiger partial charge is 0.300 e. The molecule has 160 valence electrons. The number of hydrogen-bond donors (Lipinski definition) is 1. The highest BCUT2D eigenvalue weighted by molar-refractivity contribution is 6.51. The molecule has 3 aromatic rings. The van der Waals surface area contributed by atoms with Gasteiger partial charge in [-0.3, -0.25) is 14.5 Å². The van der Waals surface area contributed by atoms with Gasteiger partial charge in [-0.1, -0.05) is 41.9 Å². The highest BCUT2D eigenvalue weighted by atomic mass is 35.5. The normalized spacial score (nSPS) is 19.3. The third kappa shape index (κ3) is 3.39. The van der Waals surface area contributed by atoms with Gasteiger partial charge in [-0.15, -0.1) is 0 Å². The van der Waals surface area contributed by atoms with E-state index >= 15 is 0 Å². The predicted octanol–water partition coefficient (Wildman–Crippen LogP) is 4.74. The molecule has 0 aliphatic carbocycles. The zero-order valence-corrected chi connectivity index (χ0v) is 17.6. The minimum Gasteiger partial charge on any atom is -0.507 e. The van der Waals surface area contributed by atoms with Gasteiger partial charge in [0.25, 0.3) is 11.7 Å². The van der Waals surface area contributed by atoms with Crippen LogP contribution in [0.3, 0.4) is 0 Å². The number of nitrogens with zero attached hydrogens (tertiary/aromatic N) is 1. The summed E-state index contributed by atoms with van der Waals surface area (Å²) < 4.78 is 11.2. The van der Waals surface area contributed by atoms with E-state index in [1.54, 1.807) is 42.5 Å². The number of carbonyl (C=O) groups is 2. The summed E-state index contributed by atoms with van der Waals surface area (Å²) in [6.07, 6.45) is 0. The lowest BCUT2D eigenvalue weighted by Gasteiger charge is -2.27. The molecule has 1 N–H and O–H groups in total. The maximum atomic E-state index is 13.2. The van der Waals surface area contributed by atoms with Crippen LogP contribution in [-0.2, 0) is 9.59 Å². The van der Waals surface area contributed by atoms with E-state index in [9.17, 15) is 14.7 Å². The number of benzene rings is 3. The fourth-order valence-corrected chi connectivity index (χ4v) is 4.12. The first-order valence-electron chi connectivity index (χ1n) is 10.1. The summed E-state index contributed by atoms with van der Waals surface area (Å²) in [5.41, 5.74) is 1.58. The van der Waals surface area contributed by atoms with Crippen LogP contribution in [0.2, 0.25) is 5.02 Å². The van der Waals surface area contributed by atoms with E-state index in [1.165, 1.54) is 4.90 Å². The van der Waals surface area contributed by atoms with Crippen molar-refractivity contribution < 1.29 is 24.2 Å². The molecule has 0 bridgehead atoms. The molecular weight excluding hydrogens is 430 g/mol. The van der Waals surface area contributed by atoms with Gasteiger partial charge in [-0.05, 0) is 42.0 Å². The van der Waals surface area contributed by atoms with E-state index in [4.69, 9.17) is 21.1 Å². The molecule has 3 aromatic carbocycles. The van der Waals surface area contributed by atoms with Crippen LogP contribution in [0.4, 0.5) is 5.69 Å². The van der Waals surface area contributed by atoms with E-state index in [1.807, 2.05) is 30.3 Å². The van der Waals surface area contributed by atoms with Crippen molar-refractivity contribution in [1.29, 1.82) is 0 Å². The average Bonchev–Trinajstić information content (AvgIpc) is 3.10. The molecule has 1 atom stereocenters. The van der Waals surface area contributed by atoms with Crippen molar-refractivity contribution in [3.05, 3.63) is 94.5 Å². The van der Waals surface area contributed by atoms with Gasteiger partial charge in [0, 0.05) is 22.3 Å². The van der Waals surface area contributed by atoms with E-state index < -0.39 is 17.7 Å². The third-order valence-corrected chi connectivity index (χ3v) is 5.73. The summed E-state index contributed by atoms with van der Waals surface area (Å²) in [6.45, 7) is 0.843. The molecule has 0 radical (unpaired) electrons. The molecule has 0 aromatic heterocycles. The summed E-state index contributed by atoms with van der Waals surface area (Å²) in [7, 11) is 0. The Balaban J connectivity index is 1.68. The van der Waals surface area contributed by atoms with Crippen LogP contribution >= 0.6 is 11.6 Å². The third-order valence-electron chi connectivity index (χ3n) is 5.48. The van der Waals surface area contributed by atoms with Crippen molar-refractivity contribution in [2.45, 2.75) is 6.04 Å².